The molecule has 0 atom stereocenters. The van der Waals surface area contributed by atoms with Crippen molar-refractivity contribution in [2.75, 3.05) is 23.3 Å². The number of benzene rings is 1. The van der Waals surface area contributed by atoms with E-state index in [9.17, 15) is 4.79 Å². The highest BCUT2D eigenvalue weighted by Gasteiger charge is 2.17. The standard InChI is InChI=1S/C21H21BrN4O2/c1-14-9-11-26(12-10-14)20-8-5-17(24-25-20)15-3-2-4-16(13-15)23-21(27)18-6-7-19(22)28-18/h2-8,13-14H,9-12H2,1H3,(H,23,27). The van der Waals surface area contributed by atoms with Gasteiger partial charge < -0.3 is 14.6 Å². The van der Waals surface area contributed by atoms with E-state index >= 15 is 0 Å². The maximum absolute atomic E-state index is 12.3. The Morgan fingerprint density at radius 3 is 2.64 bits per heavy atom. The van der Waals surface area contributed by atoms with E-state index in [1.165, 1.54) is 12.8 Å². The Hall–Kier alpha value is -2.67. The minimum Gasteiger partial charge on any atom is -0.444 e. The van der Waals surface area contributed by atoms with Gasteiger partial charge in [-0.25, -0.2) is 0 Å². The summed E-state index contributed by atoms with van der Waals surface area (Å²) in [6, 6.07) is 14.8. The van der Waals surface area contributed by atoms with Gasteiger partial charge in [-0.2, -0.15) is 0 Å². The quantitative estimate of drug-likeness (QED) is 0.618. The molecule has 1 aromatic carbocycles. The van der Waals surface area contributed by atoms with Crippen molar-refractivity contribution in [2.24, 2.45) is 5.92 Å². The van der Waals surface area contributed by atoms with Crippen LogP contribution in [0, 0.1) is 5.92 Å². The van der Waals surface area contributed by atoms with E-state index in [1.54, 1.807) is 12.1 Å². The second-order valence-corrected chi connectivity index (χ2v) is 7.87. The molecule has 1 saturated heterocycles. The van der Waals surface area contributed by atoms with Gasteiger partial charge in [0.1, 0.15) is 0 Å². The second-order valence-electron chi connectivity index (χ2n) is 7.09. The van der Waals surface area contributed by atoms with Crippen LogP contribution in [-0.4, -0.2) is 29.2 Å². The predicted molar refractivity (Wildman–Crippen MR) is 112 cm³/mol. The molecule has 1 amide bonds. The summed E-state index contributed by atoms with van der Waals surface area (Å²) in [5, 5.41) is 11.6. The molecular formula is C21H21BrN4O2. The minimum atomic E-state index is -0.302. The Morgan fingerprint density at radius 2 is 1.96 bits per heavy atom. The van der Waals surface area contributed by atoms with Crippen molar-refractivity contribution < 1.29 is 9.21 Å². The summed E-state index contributed by atoms with van der Waals surface area (Å²) in [6.45, 7) is 4.35. The summed E-state index contributed by atoms with van der Waals surface area (Å²) in [5.74, 6) is 1.65. The molecule has 6 nitrogen and oxygen atoms in total. The van der Waals surface area contributed by atoms with Crippen LogP contribution >= 0.6 is 15.9 Å². The van der Waals surface area contributed by atoms with E-state index in [1.807, 2.05) is 36.4 Å². The molecule has 0 radical (unpaired) electrons. The fourth-order valence-corrected chi connectivity index (χ4v) is 3.58. The molecule has 28 heavy (non-hydrogen) atoms. The molecule has 0 saturated carbocycles. The summed E-state index contributed by atoms with van der Waals surface area (Å²) < 4.78 is 5.81. The molecule has 1 fully saturated rings. The zero-order valence-corrected chi connectivity index (χ0v) is 17.1. The molecule has 4 rings (SSSR count). The van der Waals surface area contributed by atoms with E-state index in [-0.39, 0.29) is 11.7 Å². The van der Waals surface area contributed by atoms with E-state index in [2.05, 4.69) is 43.3 Å². The number of amides is 1. The zero-order chi connectivity index (χ0) is 19.5. The van der Waals surface area contributed by atoms with Crippen LogP contribution in [0.25, 0.3) is 11.3 Å². The Labute approximate surface area is 172 Å². The fraction of sp³-hybridized carbons (Fsp3) is 0.286. The number of nitrogens with one attached hydrogen (secondary N) is 1. The van der Waals surface area contributed by atoms with Crippen LogP contribution in [0.2, 0.25) is 0 Å². The summed E-state index contributed by atoms with van der Waals surface area (Å²) in [4.78, 5) is 14.5. The van der Waals surface area contributed by atoms with Crippen molar-refractivity contribution in [3.63, 3.8) is 0 Å². The molecule has 0 unspecified atom stereocenters. The Bertz CT molecular complexity index is 963. The van der Waals surface area contributed by atoms with Gasteiger partial charge in [-0.15, -0.1) is 10.2 Å². The van der Waals surface area contributed by atoms with Gasteiger partial charge in [0.25, 0.3) is 5.91 Å². The van der Waals surface area contributed by atoms with Gasteiger partial charge in [-0.3, -0.25) is 4.79 Å². The number of nitrogens with zero attached hydrogens (tertiary/aromatic N) is 3. The molecule has 3 heterocycles. The lowest BCUT2D eigenvalue weighted by molar-refractivity contribution is 0.0995. The van der Waals surface area contributed by atoms with Crippen LogP contribution in [0.15, 0.2) is 57.6 Å². The number of halogens is 1. The van der Waals surface area contributed by atoms with Crippen molar-refractivity contribution in [3.05, 3.63) is 59.0 Å². The first-order valence-electron chi connectivity index (χ1n) is 9.34. The number of carbonyl (C=O) groups excluding carboxylic acids is 1. The molecule has 2 aromatic heterocycles. The lowest BCUT2D eigenvalue weighted by Gasteiger charge is -2.30. The zero-order valence-electron chi connectivity index (χ0n) is 15.6. The van der Waals surface area contributed by atoms with Crippen molar-refractivity contribution in [1.29, 1.82) is 0 Å². The molecule has 144 valence electrons. The van der Waals surface area contributed by atoms with Gasteiger partial charge in [0.05, 0.1) is 5.69 Å². The van der Waals surface area contributed by atoms with E-state index in [4.69, 9.17) is 4.42 Å². The highest BCUT2D eigenvalue weighted by molar-refractivity contribution is 9.10. The molecule has 0 bridgehead atoms. The third-order valence-electron chi connectivity index (χ3n) is 4.97. The summed E-state index contributed by atoms with van der Waals surface area (Å²) in [7, 11) is 0. The predicted octanol–water partition coefficient (Wildman–Crippen LogP) is 4.99. The molecule has 0 aliphatic carbocycles. The number of hydrogen-bond donors (Lipinski definition) is 1. The number of furan rings is 1. The second kappa shape index (κ2) is 8.14. The number of piperidine rings is 1. The van der Waals surface area contributed by atoms with Crippen molar-refractivity contribution in [1.82, 2.24) is 10.2 Å². The summed E-state index contributed by atoms with van der Waals surface area (Å²) in [6.07, 6.45) is 2.38. The smallest absolute Gasteiger partial charge is 0.291 e. The lowest BCUT2D eigenvalue weighted by atomic mass is 9.99. The Balaban J connectivity index is 1.47. The molecule has 1 aliphatic rings. The number of hydrogen-bond acceptors (Lipinski definition) is 5. The van der Waals surface area contributed by atoms with Crippen molar-refractivity contribution >= 4 is 33.3 Å². The van der Waals surface area contributed by atoms with Gasteiger partial charge in [-0.05, 0) is 71.1 Å². The average molecular weight is 441 g/mol. The third kappa shape index (κ3) is 4.25. The van der Waals surface area contributed by atoms with Crippen LogP contribution in [0.3, 0.4) is 0 Å². The monoisotopic (exact) mass is 440 g/mol. The maximum Gasteiger partial charge on any atom is 0.291 e. The van der Waals surface area contributed by atoms with Gasteiger partial charge in [0.2, 0.25) is 0 Å². The third-order valence-corrected chi connectivity index (χ3v) is 5.40. The number of rotatable bonds is 4. The van der Waals surface area contributed by atoms with Gasteiger partial charge >= 0.3 is 0 Å². The van der Waals surface area contributed by atoms with Gasteiger partial charge in [-0.1, -0.05) is 19.1 Å². The largest absolute Gasteiger partial charge is 0.444 e. The summed E-state index contributed by atoms with van der Waals surface area (Å²) >= 11 is 3.20. The van der Waals surface area contributed by atoms with Crippen molar-refractivity contribution in [2.45, 2.75) is 19.8 Å². The van der Waals surface area contributed by atoms with Crippen LogP contribution in [0.5, 0.6) is 0 Å². The Morgan fingerprint density at radius 1 is 1.14 bits per heavy atom. The topological polar surface area (TPSA) is 71.3 Å². The minimum absolute atomic E-state index is 0.247. The first-order valence-corrected chi connectivity index (χ1v) is 10.1. The van der Waals surface area contributed by atoms with Gasteiger partial charge in [0.15, 0.2) is 16.2 Å². The SMILES string of the molecule is CC1CCN(c2ccc(-c3cccc(NC(=O)c4ccc(Br)o4)c3)nn2)CC1. The molecule has 7 heteroatoms. The fourth-order valence-electron chi connectivity index (χ4n) is 3.27. The van der Waals surface area contributed by atoms with Crippen molar-refractivity contribution in [3.8, 4) is 11.3 Å². The van der Waals surface area contributed by atoms with Crippen LogP contribution < -0.4 is 10.2 Å². The molecule has 1 N–H and O–H groups in total. The van der Waals surface area contributed by atoms with E-state index < -0.39 is 0 Å². The highest BCUT2D eigenvalue weighted by atomic mass is 79.9. The molecule has 0 spiro atoms. The molecule has 1 aliphatic heterocycles. The lowest BCUT2D eigenvalue weighted by Crippen LogP contribution is -2.33. The number of anilines is 2. The van der Waals surface area contributed by atoms with Crippen LogP contribution in [-0.2, 0) is 0 Å². The normalized spacial score (nSPS) is 14.9. The maximum atomic E-state index is 12.3. The van der Waals surface area contributed by atoms with Crippen LogP contribution in [0.1, 0.15) is 30.3 Å². The molecule has 3 aromatic rings. The summed E-state index contributed by atoms with van der Waals surface area (Å²) in [5.41, 5.74) is 2.33. The van der Waals surface area contributed by atoms with E-state index in [0.717, 1.165) is 36.1 Å². The Kier molecular flexibility index (Phi) is 5.43. The van der Waals surface area contributed by atoms with Gasteiger partial charge in [0, 0.05) is 24.3 Å². The first-order chi connectivity index (χ1) is 13.6. The van der Waals surface area contributed by atoms with Crippen LogP contribution in [0.4, 0.5) is 11.5 Å². The highest BCUT2D eigenvalue weighted by Crippen LogP contribution is 2.25. The number of carbonyl (C=O) groups is 1. The number of aromatic nitrogens is 2. The molecular weight excluding hydrogens is 420 g/mol. The van der Waals surface area contributed by atoms with E-state index in [0.29, 0.717) is 10.4 Å². The average Bonchev–Trinajstić information content (AvgIpc) is 3.16. The first kappa shape index (κ1) is 18.7.